The van der Waals surface area contributed by atoms with Crippen LogP contribution in [0.15, 0.2) is 58.1 Å². The monoisotopic (exact) mass is 407 g/mol. The van der Waals surface area contributed by atoms with E-state index in [9.17, 15) is 19.5 Å². The number of rotatable bonds is 10. The number of methoxy groups -OCH3 is 1. The lowest BCUT2D eigenvalue weighted by Gasteiger charge is -2.24. The van der Waals surface area contributed by atoms with Crippen LogP contribution in [0.2, 0.25) is 0 Å². The molecule has 0 saturated heterocycles. The highest BCUT2D eigenvalue weighted by Crippen LogP contribution is 2.29. The second-order valence-electron chi connectivity index (χ2n) is 6.94. The van der Waals surface area contributed by atoms with E-state index in [1.54, 1.807) is 12.1 Å². The summed E-state index contributed by atoms with van der Waals surface area (Å²) in [7, 11) is 1.53. The number of carbonyl (C=O) groups is 1. The van der Waals surface area contributed by atoms with E-state index in [-0.39, 0.29) is 17.8 Å². The molecule has 3 aromatic rings. The second-order valence-corrected chi connectivity index (χ2v) is 6.94. The molecule has 0 fully saturated rings. The first-order valence-electron chi connectivity index (χ1n) is 9.73. The van der Waals surface area contributed by atoms with Gasteiger partial charge in [-0.2, -0.15) is 0 Å². The van der Waals surface area contributed by atoms with E-state index in [0.29, 0.717) is 17.9 Å². The van der Waals surface area contributed by atoms with Gasteiger partial charge in [0.2, 0.25) is 0 Å². The lowest BCUT2D eigenvalue weighted by molar-refractivity contribution is -0.306. The van der Waals surface area contributed by atoms with Crippen molar-refractivity contribution in [2.75, 3.05) is 24.3 Å². The van der Waals surface area contributed by atoms with E-state index < -0.39 is 22.9 Å². The van der Waals surface area contributed by atoms with Gasteiger partial charge in [-0.25, -0.2) is 0 Å². The minimum absolute atomic E-state index is 0.00759. The van der Waals surface area contributed by atoms with Crippen molar-refractivity contribution in [1.29, 1.82) is 0 Å². The van der Waals surface area contributed by atoms with Gasteiger partial charge in [0.25, 0.3) is 10.9 Å². The topological polar surface area (TPSA) is 108 Å². The van der Waals surface area contributed by atoms with Gasteiger partial charge in [0.1, 0.15) is 17.1 Å². The Balaban J connectivity index is 1.93. The highest BCUT2D eigenvalue weighted by Gasteiger charge is 2.24. The summed E-state index contributed by atoms with van der Waals surface area (Å²) in [5, 5.41) is 17.4. The first kappa shape index (κ1) is 21.1. The molecule has 1 unspecified atom stereocenters. The Morgan fingerprint density at radius 1 is 1.07 bits per heavy atom. The van der Waals surface area contributed by atoms with Crippen LogP contribution in [-0.4, -0.2) is 25.7 Å². The molecule has 3 rings (SSSR count). The van der Waals surface area contributed by atoms with Crippen LogP contribution in [0.1, 0.15) is 18.9 Å². The Bertz CT molecular complexity index is 1100. The predicted molar refractivity (Wildman–Crippen MR) is 115 cm³/mol. The summed E-state index contributed by atoms with van der Waals surface area (Å²) in [5.74, 6) is -0.785. The minimum atomic E-state index is -1.37. The molecule has 0 radical (unpaired) electrons. The maximum Gasteiger partial charge on any atom is 0.253 e. The Kier molecular flexibility index (Phi) is 6.51. The van der Waals surface area contributed by atoms with Gasteiger partial charge in [-0.3, -0.25) is 9.59 Å². The molecule has 0 saturated carbocycles. The van der Waals surface area contributed by atoms with E-state index >= 15 is 0 Å². The smallest absolute Gasteiger partial charge is 0.253 e. The van der Waals surface area contributed by atoms with Crippen molar-refractivity contribution in [3.63, 3.8) is 0 Å². The van der Waals surface area contributed by atoms with Gasteiger partial charge in [-0.1, -0.05) is 43.3 Å². The van der Waals surface area contributed by atoms with Crippen molar-refractivity contribution in [3.05, 3.63) is 74.5 Å². The molecular formula is C23H23N2O5-. The van der Waals surface area contributed by atoms with E-state index in [1.165, 1.54) is 7.11 Å². The van der Waals surface area contributed by atoms with E-state index in [0.717, 1.165) is 17.5 Å². The highest BCUT2D eigenvalue weighted by molar-refractivity contribution is 5.82. The molecule has 7 heteroatoms. The number of carbonyl (C=O) groups excluding carboxylic acids is 1. The molecule has 0 amide bonds. The van der Waals surface area contributed by atoms with Gasteiger partial charge in [-0.15, -0.1) is 0 Å². The SMILES string of the molecule is CCCNc1c(NC(Cc2cc(OC)ccc2-c2ccccc2)C(=O)[O-])c(=O)c1=O. The van der Waals surface area contributed by atoms with Gasteiger partial charge in [0.15, 0.2) is 0 Å². The normalized spacial score (nSPS) is 11.8. The molecule has 0 aromatic heterocycles. The number of carboxylic acid groups (broad SMARTS) is 1. The third-order valence-electron chi connectivity index (χ3n) is 4.89. The molecule has 0 spiro atoms. The fraction of sp³-hybridized carbons (Fsp3) is 0.261. The third-order valence-corrected chi connectivity index (χ3v) is 4.89. The van der Waals surface area contributed by atoms with Gasteiger partial charge in [-0.05, 0) is 41.7 Å². The van der Waals surface area contributed by atoms with Crippen LogP contribution in [0.3, 0.4) is 0 Å². The zero-order chi connectivity index (χ0) is 21.7. The molecule has 0 heterocycles. The first-order chi connectivity index (χ1) is 14.5. The number of benzene rings is 2. The first-order valence-corrected chi connectivity index (χ1v) is 9.73. The van der Waals surface area contributed by atoms with Crippen LogP contribution in [0.5, 0.6) is 5.75 Å². The fourth-order valence-electron chi connectivity index (χ4n) is 3.30. The molecule has 0 bridgehead atoms. The standard InChI is InChI=1S/C23H24N2O5/c1-3-11-24-19-20(22(27)21(19)26)25-18(23(28)29)13-15-12-16(30-2)9-10-17(15)14-7-5-4-6-8-14/h4-10,12,18,24-25H,3,11,13H2,1-2H3,(H,28,29)/p-1. The van der Waals surface area contributed by atoms with Crippen LogP contribution in [0, 0.1) is 0 Å². The fourth-order valence-corrected chi connectivity index (χ4v) is 3.30. The number of nitrogens with one attached hydrogen (secondary N) is 2. The molecule has 1 atom stereocenters. The molecule has 2 N–H and O–H groups in total. The van der Waals surface area contributed by atoms with Crippen molar-refractivity contribution in [1.82, 2.24) is 0 Å². The largest absolute Gasteiger partial charge is 0.548 e. The lowest BCUT2D eigenvalue weighted by Crippen LogP contribution is -2.47. The summed E-state index contributed by atoms with van der Waals surface area (Å²) < 4.78 is 5.29. The molecule has 0 aliphatic rings. The Hall–Kier alpha value is -3.61. The third kappa shape index (κ3) is 4.35. The van der Waals surface area contributed by atoms with Gasteiger partial charge in [0.05, 0.1) is 19.1 Å². The van der Waals surface area contributed by atoms with Crippen molar-refractivity contribution in [3.8, 4) is 16.9 Å². The molecule has 0 aliphatic carbocycles. The molecule has 7 nitrogen and oxygen atoms in total. The summed E-state index contributed by atoms with van der Waals surface area (Å²) in [4.78, 5) is 35.7. The predicted octanol–water partition coefficient (Wildman–Crippen LogP) is 1.55. The van der Waals surface area contributed by atoms with E-state index in [1.807, 2.05) is 43.3 Å². The van der Waals surface area contributed by atoms with Crippen molar-refractivity contribution >= 4 is 17.3 Å². The Morgan fingerprint density at radius 2 is 1.77 bits per heavy atom. The maximum absolute atomic E-state index is 12.0. The van der Waals surface area contributed by atoms with Crippen LogP contribution < -0.4 is 31.3 Å². The van der Waals surface area contributed by atoms with Crippen LogP contribution in [0.25, 0.3) is 11.1 Å². The van der Waals surface area contributed by atoms with Crippen LogP contribution in [-0.2, 0) is 11.2 Å². The van der Waals surface area contributed by atoms with Crippen LogP contribution >= 0.6 is 0 Å². The van der Waals surface area contributed by atoms with E-state index in [4.69, 9.17) is 4.74 Å². The lowest BCUT2D eigenvalue weighted by atomic mass is 9.94. The number of hydrogen-bond acceptors (Lipinski definition) is 7. The average Bonchev–Trinajstić information content (AvgIpc) is 2.77. The maximum atomic E-state index is 12.0. The molecular weight excluding hydrogens is 384 g/mol. The van der Waals surface area contributed by atoms with Gasteiger partial charge in [0, 0.05) is 6.54 Å². The summed E-state index contributed by atoms with van der Waals surface area (Å²) in [6.07, 6.45) is 0.794. The number of ether oxygens (including phenoxy) is 1. The van der Waals surface area contributed by atoms with Gasteiger partial charge < -0.3 is 25.3 Å². The number of hydrogen-bond donors (Lipinski definition) is 2. The molecule has 0 aliphatic heterocycles. The quantitative estimate of drug-likeness (QED) is 0.491. The van der Waals surface area contributed by atoms with Crippen molar-refractivity contribution < 1.29 is 14.6 Å². The molecule has 156 valence electrons. The summed E-state index contributed by atoms with van der Waals surface area (Å²) in [5.41, 5.74) is 1.23. The zero-order valence-corrected chi connectivity index (χ0v) is 16.9. The van der Waals surface area contributed by atoms with E-state index in [2.05, 4.69) is 10.6 Å². The molecule has 30 heavy (non-hydrogen) atoms. The second kappa shape index (κ2) is 9.26. The Morgan fingerprint density at radius 3 is 2.40 bits per heavy atom. The Labute approximate surface area is 174 Å². The van der Waals surface area contributed by atoms with Gasteiger partial charge >= 0.3 is 0 Å². The average molecular weight is 407 g/mol. The van der Waals surface area contributed by atoms with Crippen molar-refractivity contribution in [2.24, 2.45) is 0 Å². The summed E-state index contributed by atoms with van der Waals surface area (Å²) >= 11 is 0. The number of anilines is 2. The minimum Gasteiger partial charge on any atom is -0.548 e. The molecule has 3 aromatic carbocycles. The van der Waals surface area contributed by atoms with Crippen molar-refractivity contribution in [2.45, 2.75) is 25.8 Å². The summed E-state index contributed by atoms with van der Waals surface area (Å²) in [6, 6.07) is 13.8. The number of carboxylic acids is 1. The van der Waals surface area contributed by atoms with Crippen LogP contribution in [0.4, 0.5) is 11.4 Å². The zero-order valence-electron chi connectivity index (χ0n) is 16.9. The number of aliphatic carboxylic acids is 1. The summed E-state index contributed by atoms with van der Waals surface area (Å²) in [6.45, 7) is 2.42. The highest BCUT2D eigenvalue weighted by atomic mass is 16.5.